The summed E-state index contributed by atoms with van der Waals surface area (Å²) in [6.45, 7) is 4.25. The van der Waals surface area contributed by atoms with E-state index in [-0.39, 0.29) is 27.9 Å². The maximum atomic E-state index is 13.0. The number of non-ortho nitro benzene ring substituents is 1. The highest BCUT2D eigenvalue weighted by atomic mass is 35.5. The number of fused-ring (bicyclic) bond motifs is 1. The molecule has 162 valence electrons. The van der Waals surface area contributed by atoms with Gasteiger partial charge in [0.05, 0.1) is 31.8 Å². The largest absolute Gasteiger partial charge is 0.324 e. The molecule has 3 rings (SSSR count). The third kappa shape index (κ3) is 5.23. The molecule has 1 aromatic heterocycles. The first-order valence-electron chi connectivity index (χ1n) is 9.72. The van der Waals surface area contributed by atoms with E-state index in [0.717, 1.165) is 12.8 Å². The van der Waals surface area contributed by atoms with Crippen LogP contribution in [0.2, 0.25) is 5.02 Å². The Hall–Kier alpha value is -2.91. The first-order chi connectivity index (χ1) is 14.8. The number of halogens is 1. The van der Waals surface area contributed by atoms with E-state index in [4.69, 9.17) is 11.6 Å². The SMILES string of the molecule is CCCCn1c(SC(C)C(=O)Nc2ccc([N+](=O)[O-])cc2Cl)nc2ccccc2c1=O. The molecule has 31 heavy (non-hydrogen) atoms. The summed E-state index contributed by atoms with van der Waals surface area (Å²) < 4.78 is 1.61. The molecule has 0 fully saturated rings. The molecular formula is C21H21ClN4O4S. The first kappa shape index (κ1) is 22.8. The number of hydrogen-bond donors (Lipinski definition) is 1. The lowest BCUT2D eigenvalue weighted by atomic mass is 10.2. The zero-order valence-corrected chi connectivity index (χ0v) is 18.6. The normalized spacial score (nSPS) is 12.0. The lowest BCUT2D eigenvalue weighted by Crippen LogP contribution is -2.27. The molecule has 3 aromatic rings. The van der Waals surface area contributed by atoms with Crippen LogP contribution in [0.1, 0.15) is 26.7 Å². The summed E-state index contributed by atoms with van der Waals surface area (Å²) in [5, 5.41) is 14.0. The van der Waals surface area contributed by atoms with E-state index in [1.807, 2.05) is 13.0 Å². The molecule has 1 atom stereocenters. The van der Waals surface area contributed by atoms with Gasteiger partial charge in [0.1, 0.15) is 0 Å². The van der Waals surface area contributed by atoms with Crippen LogP contribution < -0.4 is 10.9 Å². The molecule has 0 aliphatic heterocycles. The number of hydrogen-bond acceptors (Lipinski definition) is 6. The number of para-hydroxylation sites is 1. The van der Waals surface area contributed by atoms with Gasteiger partial charge in [0.25, 0.3) is 11.2 Å². The van der Waals surface area contributed by atoms with Crippen LogP contribution in [0.25, 0.3) is 10.9 Å². The molecule has 1 amide bonds. The van der Waals surface area contributed by atoms with Crippen LogP contribution >= 0.6 is 23.4 Å². The number of thioether (sulfide) groups is 1. The van der Waals surface area contributed by atoms with Crippen LogP contribution in [0.15, 0.2) is 52.4 Å². The van der Waals surface area contributed by atoms with E-state index >= 15 is 0 Å². The summed E-state index contributed by atoms with van der Waals surface area (Å²) in [6, 6.07) is 11.0. The van der Waals surface area contributed by atoms with Crippen molar-refractivity contribution >= 4 is 51.5 Å². The second-order valence-electron chi connectivity index (χ2n) is 6.89. The number of aromatic nitrogens is 2. The number of anilines is 1. The van der Waals surface area contributed by atoms with Crippen molar-refractivity contribution in [1.29, 1.82) is 0 Å². The molecule has 0 bridgehead atoms. The average molecular weight is 461 g/mol. The Labute approximate surface area is 187 Å². The molecule has 0 saturated carbocycles. The molecule has 1 heterocycles. The Balaban J connectivity index is 1.85. The Morgan fingerprint density at radius 3 is 2.74 bits per heavy atom. The lowest BCUT2D eigenvalue weighted by molar-refractivity contribution is -0.384. The van der Waals surface area contributed by atoms with Gasteiger partial charge in [-0.05, 0) is 31.5 Å². The summed E-state index contributed by atoms with van der Waals surface area (Å²) in [5.41, 5.74) is 0.562. The van der Waals surface area contributed by atoms with Gasteiger partial charge in [0, 0.05) is 18.7 Å². The molecule has 0 aliphatic rings. The second kappa shape index (κ2) is 9.93. The van der Waals surface area contributed by atoms with E-state index in [2.05, 4.69) is 10.3 Å². The fraction of sp³-hybridized carbons (Fsp3) is 0.286. The van der Waals surface area contributed by atoms with Gasteiger partial charge in [-0.25, -0.2) is 4.98 Å². The van der Waals surface area contributed by atoms with Crippen LogP contribution in [0.4, 0.5) is 11.4 Å². The van der Waals surface area contributed by atoms with Crippen molar-refractivity contribution in [3.8, 4) is 0 Å². The molecule has 1 unspecified atom stereocenters. The maximum absolute atomic E-state index is 13.0. The topological polar surface area (TPSA) is 107 Å². The molecule has 0 saturated heterocycles. The van der Waals surface area contributed by atoms with E-state index in [0.29, 0.717) is 22.6 Å². The smallest absolute Gasteiger partial charge is 0.271 e. The van der Waals surface area contributed by atoms with Crippen molar-refractivity contribution in [3.05, 3.63) is 68.0 Å². The number of nitrogens with zero attached hydrogens (tertiary/aromatic N) is 3. The van der Waals surface area contributed by atoms with Gasteiger partial charge < -0.3 is 5.32 Å². The zero-order chi connectivity index (χ0) is 22.5. The molecule has 0 radical (unpaired) electrons. The fourth-order valence-corrected chi connectivity index (χ4v) is 4.07. The van der Waals surface area contributed by atoms with Gasteiger partial charge in [-0.15, -0.1) is 0 Å². The highest BCUT2D eigenvalue weighted by molar-refractivity contribution is 8.00. The molecule has 1 N–H and O–H groups in total. The van der Waals surface area contributed by atoms with Crippen LogP contribution in [0.3, 0.4) is 0 Å². The van der Waals surface area contributed by atoms with Gasteiger partial charge in [-0.1, -0.05) is 48.8 Å². The number of carbonyl (C=O) groups is 1. The Morgan fingerprint density at radius 1 is 1.32 bits per heavy atom. The monoisotopic (exact) mass is 460 g/mol. The summed E-state index contributed by atoms with van der Waals surface area (Å²) in [5.74, 6) is -0.356. The summed E-state index contributed by atoms with van der Waals surface area (Å²) in [4.78, 5) is 40.6. The minimum Gasteiger partial charge on any atom is -0.324 e. The fourth-order valence-electron chi connectivity index (χ4n) is 2.92. The number of rotatable bonds is 8. The molecule has 0 spiro atoms. The molecular weight excluding hydrogens is 440 g/mol. The zero-order valence-electron chi connectivity index (χ0n) is 17.0. The Kier molecular flexibility index (Phi) is 7.29. The van der Waals surface area contributed by atoms with Crippen molar-refractivity contribution in [2.75, 3.05) is 5.32 Å². The molecule has 2 aromatic carbocycles. The predicted molar refractivity (Wildman–Crippen MR) is 123 cm³/mol. The molecule has 8 nitrogen and oxygen atoms in total. The van der Waals surface area contributed by atoms with Gasteiger partial charge in [0.15, 0.2) is 5.16 Å². The summed E-state index contributed by atoms with van der Waals surface area (Å²) >= 11 is 7.25. The van der Waals surface area contributed by atoms with E-state index in [1.54, 1.807) is 29.7 Å². The van der Waals surface area contributed by atoms with Gasteiger partial charge in [-0.3, -0.25) is 24.3 Å². The van der Waals surface area contributed by atoms with E-state index in [9.17, 15) is 19.7 Å². The Bertz CT molecular complexity index is 1200. The number of benzene rings is 2. The van der Waals surface area contributed by atoms with Crippen molar-refractivity contribution in [3.63, 3.8) is 0 Å². The summed E-state index contributed by atoms with van der Waals surface area (Å²) in [6.07, 6.45) is 1.73. The van der Waals surface area contributed by atoms with Crippen LogP contribution in [-0.4, -0.2) is 25.6 Å². The summed E-state index contributed by atoms with van der Waals surface area (Å²) in [7, 11) is 0. The second-order valence-corrected chi connectivity index (χ2v) is 8.61. The third-order valence-electron chi connectivity index (χ3n) is 4.63. The number of amides is 1. The highest BCUT2D eigenvalue weighted by Crippen LogP contribution is 2.28. The number of carbonyl (C=O) groups excluding carboxylic acids is 1. The van der Waals surface area contributed by atoms with Gasteiger partial charge in [0.2, 0.25) is 5.91 Å². The lowest BCUT2D eigenvalue weighted by Gasteiger charge is -2.16. The van der Waals surface area contributed by atoms with Gasteiger partial charge in [-0.2, -0.15) is 0 Å². The highest BCUT2D eigenvalue weighted by Gasteiger charge is 2.21. The number of unbranched alkanes of at least 4 members (excludes halogenated alkanes) is 1. The molecule has 10 heteroatoms. The van der Waals surface area contributed by atoms with Crippen LogP contribution in [-0.2, 0) is 11.3 Å². The van der Waals surface area contributed by atoms with Crippen molar-refractivity contribution in [2.45, 2.75) is 43.6 Å². The number of nitro groups is 1. The third-order valence-corrected chi connectivity index (χ3v) is 6.04. The Morgan fingerprint density at radius 2 is 2.06 bits per heavy atom. The number of nitro benzene ring substituents is 1. The number of nitrogens with one attached hydrogen (secondary N) is 1. The standard InChI is InChI=1S/C21H21ClN4O4S/c1-3-4-11-25-20(28)15-7-5-6-8-17(15)24-21(25)31-13(2)19(27)23-18-10-9-14(26(29)30)12-16(18)22/h5-10,12-13H,3-4,11H2,1-2H3,(H,23,27). The van der Waals surface area contributed by atoms with Crippen LogP contribution in [0, 0.1) is 10.1 Å². The van der Waals surface area contributed by atoms with Gasteiger partial charge >= 0.3 is 0 Å². The van der Waals surface area contributed by atoms with Crippen molar-refractivity contribution in [2.24, 2.45) is 0 Å². The first-order valence-corrected chi connectivity index (χ1v) is 11.0. The van der Waals surface area contributed by atoms with E-state index in [1.165, 1.54) is 30.0 Å². The van der Waals surface area contributed by atoms with Crippen molar-refractivity contribution < 1.29 is 9.72 Å². The molecule has 0 aliphatic carbocycles. The van der Waals surface area contributed by atoms with Crippen LogP contribution in [0.5, 0.6) is 0 Å². The van der Waals surface area contributed by atoms with E-state index < -0.39 is 10.2 Å². The average Bonchev–Trinajstić information content (AvgIpc) is 2.74. The minimum atomic E-state index is -0.591. The van der Waals surface area contributed by atoms with Crippen molar-refractivity contribution in [1.82, 2.24) is 9.55 Å². The quantitative estimate of drug-likeness (QED) is 0.222. The predicted octanol–water partition coefficient (Wildman–Crippen LogP) is 4.88. The maximum Gasteiger partial charge on any atom is 0.271 e. The minimum absolute atomic E-state index is 0.0726.